The highest BCUT2D eigenvalue weighted by Gasteiger charge is 2.39. The maximum atomic E-state index is 3.70. The number of alkyl halides is 1. The molecule has 0 bridgehead atoms. The zero-order chi connectivity index (χ0) is 10.7. The van der Waals surface area contributed by atoms with E-state index in [-0.39, 0.29) is 0 Å². The van der Waals surface area contributed by atoms with Crippen molar-refractivity contribution in [1.29, 1.82) is 0 Å². The minimum absolute atomic E-state index is 0.703. The highest BCUT2D eigenvalue weighted by atomic mass is 79.9. The topological polar surface area (TPSA) is 3.24 Å². The lowest BCUT2D eigenvalue weighted by Gasteiger charge is -2.24. The Balaban J connectivity index is 2.05. The summed E-state index contributed by atoms with van der Waals surface area (Å²) < 4.78 is 0. The number of rotatable bonds is 5. The van der Waals surface area contributed by atoms with Crippen molar-refractivity contribution < 1.29 is 0 Å². The van der Waals surface area contributed by atoms with Crippen molar-refractivity contribution in [2.24, 2.45) is 0 Å². The van der Waals surface area contributed by atoms with Crippen molar-refractivity contribution in [3.63, 3.8) is 0 Å². The van der Waals surface area contributed by atoms with E-state index in [1.807, 2.05) is 0 Å². The summed E-state index contributed by atoms with van der Waals surface area (Å²) in [6, 6.07) is 11.5. The van der Waals surface area contributed by atoms with E-state index in [0.717, 1.165) is 6.04 Å². The fourth-order valence-corrected chi connectivity index (χ4v) is 2.58. The van der Waals surface area contributed by atoms with Crippen LogP contribution in [-0.2, 0) is 0 Å². The SMILES string of the molecule is CCCCN(c1ccccc1)C1CC1Br. The van der Waals surface area contributed by atoms with Gasteiger partial charge in [0.25, 0.3) is 0 Å². The van der Waals surface area contributed by atoms with Crippen molar-refractivity contribution >= 4 is 21.6 Å². The number of unbranched alkanes of at least 4 members (excludes halogenated alkanes) is 1. The number of para-hydroxylation sites is 1. The Bertz CT molecular complexity index is 299. The summed E-state index contributed by atoms with van der Waals surface area (Å²) in [6.07, 6.45) is 3.84. The zero-order valence-electron chi connectivity index (χ0n) is 9.20. The molecule has 1 saturated carbocycles. The van der Waals surface area contributed by atoms with E-state index < -0.39 is 0 Å². The van der Waals surface area contributed by atoms with Gasteiger partial charge in [-0.05, 0) is 25.0 Å². The Morgan fingerprint density at radius 1 is 1.33 bits per heavy atom. The Morgan fingerprint density at radius 3 is 2.53 bits per heavy atom. The van der Waals surface area contributed by atoms with Gasteiger partial charge >= 0.3 is 0 Å². The molecule has 0 aromatic heterocycles. The minimum atomic E-state index is 0.703. The van der Waals surface area contributed by atoms with Gasteiger partial charge in [-0.1, -0.05) is 47.5 Å². The van der Waals surface area contributed by atoms with E-state index >= 15 is 0 Å². The number of hydrogen-bond acceptors (Lipinski definition) is 1. The van der Waals surface area contributed by atoms with Crippen LogP contribution in [0.15, 0.2) is 30.3 Å². The van der Waals surface area contributed by atoms with Gasteiger partial charge in [-0.25, -0.2) is 0 Å². The van der Waals surface area contributed by atoms with Gasteiger partial charge in [-0.3, -0.25) is 0 Å². The van der Waals surface area contributed by atoms with Crippen molar-refractivity contribution in [3.8, 4) is 0 Å². The molecular weight excluding hydrogens is 250 g/mol. The molecule has 0 amide bonds. The van der Waals surface area contributed by atoms with E-state index in [4.69, 9.17) is 0 Å². The number of halogens is 1. The third-order valence-electron chi connectivity index (χ3n) is 2.92. The second kappa shape index (κ2) is 5.02. The third-order valence-corrected chi connectivity index (χ3v) is 3.91. The molecule has 2 heteroatoms. The van der Waals surface area contributed by atoms with Gasteiger partial charge in [0.15, 0.2) is 0 Å². The molecule has 2 atom stereocenters. The molecule has 1 aromatic carbocycles. The monoisotopic (exact) mass is 267 g/mol. The predicted octanol–water partition coefficient (Wildman–Crippen LogP) is 3.83. The number of anilines is 1. The summed E-state index contributed by atoms with van der Waals surface area (Å²) in [5.41, 5.74) is 1.37. The van der Waals surface area contributed by atoms with E-state index in [2.05, 4.69) is 58.1 Å². The average molecular weight is 268 g/mol. The van der Waals surface area contributed by atoms with Crippen LogP contribution in [0.2, 0.25) is 0 Å². The van der Waals surface area contributed by atoms with Gasteiger partial charge in [0.2, 0.25) is 0 Å². The molecule has 0 saturated heterocycles. The standard InChI is InChI=1S/C13H18BrN/c1-2-3-9-15(13-10-12(13)14)11-7-5-4-6-8-11/h4-8,12-13H,2-3,9-10H2,1H3. The van der Waals surface area contributed by atoms with Gasteiger partial charge in [-0.15, -0.1) is 0 Å². The summed E-state index contributed by atoms with van der Waals surface area (Å²) in [5, 5.41) is 0. The highest BCUT2D eigenvalue weighted by molar-refractivity contribution is 9.09. The van der Waals surface area contributed by atoms with Gasteiger partial charge in [0.05, 0.1) is 0 Å². The van der Waals surface area contributed by atoms with E-state index in [1.54, 1.807) is 0 Å². The summed E-state index contributed by atoms with van der Waals surface area (Å²) in [5.74, 6) is 0. The maximum absolute atomic E-state index is 3.70. The lowest BCUT2D eigenvalue weighted by atomic mass is 10.2. The van der Waals surface area contributed by atoms with Crippen LogP contribution in [0.4, 0.5) is 5.69 Å². The molecule has 0 radical (unpaired) electrons. The first-order valence-electron chi connectivity index (χ1n) is 5.78. The Kier molecular flexibility index (Phi) is 3.68. The molecule has 15 heavy (non-hydrogen) atoms. The van der Waals surface area contributed by atoms with Crippen molar-refractivity contribution in [2.45, 2.75) is 37.1 Å². The summed E-state index contributed by atoms with van der Waals surface area (Å²) in [6.45, 7) is 3.44. The van der Waals surface area contributed by atoms with E-state index in [1.165, 1.54) is 31.5 Å². The van der Waals surface area contributed by atoms with Crippen LogP contribution in [0, 0.1) is 0 Å². The Hall–Kier alpha value is -0.500. The molecule has 0 N–H and O–H groups in total. The second-order valence-electron chi connectivity index (χ2n) is 4.20. The first-order chi connectivity index (χ1) is 7.33. The molecule has 0 aliphatic heterocycles. The molecule has 1 fully saturated rings. The van der Waals surface area contributed by atoms with Crippen LogP contribution >= 0.6 is 15.9 Å². The Labute approximate surface area is 101 Å². The average Bonchev–Trinajstić information content (AvgIpc) is 2.98. The summed E-state index contributed by atoms with van der Waals surface area (Å²) in [4.78, 5) is 3.25. The van der Waals surface area contributed by atoms with Crippen LogP contribution in [-0.4, -0.2) is 17.4 Å². The van der Waals surface area contributed by atoms with E-state index in [0.29, 0.717) is 4.83 Å². The summed E-state index contributed by atoms with van der Waals surface area (Å²) >= 11 is 3.70. The first kappa shape index (κ1) is 11.0. The zero-order valence-corrected chi connectivity index (χ0v) is 10.8. The molecular formula is C13H18BrN. The van der Waals surface area contributed by atoms with Gasteiger partial charge in [-0.2, -0.15) is 0 Å². The van der Waals surface area contributed by atoms with Gasteiger partial charge < -0.3 is 4.90 Å². The summed E-state index contributed by atoms with van der Waals surface area (Å²) in [7, 11) is 0. The Morgan fingerprint density at radius 2 is 2.00 bits per heavy atom. The molecule has 82 valence electrons. The number of nitrogens with zero attached hydrogens (tertiary/aromatic N) is 1. The fraction of sp³-hybridized carbons (Fsp3) is 0.538. The molecule has 2 rings (SSSR count). The third kappa shape index (κ3) is 2.75. The van der Waals surface area contributed by atoms with Crippen LogP contribution in [0.5, 0.6) is 0 Å². The molecule has 0 spiro atoms. The molecule has 1 aliphatic carbocycles. The normalized spacial score (nSPS) is 23.9. The predicted molar refractivity (Wildman–Crippen MR) is 69.8 cm³/mol. The number of hydrogen-bond donors (Lipinski definition) is 0. The molecule has 1 aromatic rings. The van der Waals surface area contributed by atoms with Crippen LogP contribution < -0.4 is 4.90 Å². The van der Waals surface area contributed by atoms with Crippen molar-refractivity contribution in [2.75, 3.05) is 11.4 Å². The van der Waals surface area contributed by atoms with Crippen molar-refractivity contribution in [1.82, 2.24) is 0 Å². The van der Waals surface area contributed by atoms with Crippen molar-refractivity contribution in [3.05, 3.63) is 30.3 Å². The van der Waals surface area contributed by atoms with E-state index in [9.17, 15) is 0 Å². The lowest BCUT2D eigenvalue weighted by molar-refractivity contribution is 0.714. The van der Waals surface area contributed by atoms with Crippen LogP contribution in [0.3, 0.4) is 0 Å². The van der Waals surface area contributed by atoms with Gasteiger partial charge in [0, 0.05) is 23.1 Å². The first-order valence-corrected chi connectivity index (χ1v) is 6.70. The lowest BCUT2D eigenvalue weighted by Crippen LogP contribution is -2.28. The fourth-order valence-electron chi connectivity index (χ4n) is 1.91. The number of benzene rings is 1. The second-order valence-corrected chi connectivity index (χ2v) is 5.38. The van der Waals surface area contributed by atoms with Crippen LogP contribution in [0.1, 0.15) is 26.2 Å². The van der Waals surface area contributed by atoms with Crippen LogP contribution in [0.25, 0.3) is 0 Å². The smallest absolute Gasteiger partial charge is 0.0427 e. The maximum Gasteiger partial charge on any atom is 0.0427 e. The largest absolute Gasteiger partial charge is 0.367 e. The molecule has 1 nitrogen and oxygen atoms in total. The molecule has 0 heterocycles. The highest BCUT2D eigenvalue weighted by Crippen LogP contribution is 2.37. The minimum Gasteiger partial charge on any atom is -0.367 e. The quantitative estimate of drug-likeness (QED) is 0.733. The van der Waals surface area contributed by atoms with Gasteiger partial charge in [0.1, 0.15) is 0 Å². The molecule has 1 aliphatic rings. The molecule has 2 unspecified atom stereocenters.